The average molecular weight is 298 g/mol. The van der Waals surface area contributed by atoms with Crippen LogP contribution >= 0.6 is 23.2 Å². The number of hydrogen-bond donors (Lipinski definition) is 1. The lowest BCUT2D eigenvalue weighted by atomic mass is 9.99. The molecule has 0 amide bonds. The summed E-state index contributed by atoms with van der Waals surface area (Å²) < 4.78 is 1.85. The average Bonchev–Trinajstić information content (AvgIpc) is 2.73. The van der Waals surface area contributed by atoms with Crippen LogP contribution in [0.5, 0.6) is 0 Å². The Kier molecular flexibility index (Phi) is 4.19. The van der Waals surface area contributed by atoms with Crippen molar-refractivity contribution in [2.24, 2.45) is 5.73 Å². The van der Waals surface area contributed by atoms with Crippen LogP contribution in [-0.4, -0.2) is 9.78 Å². The van der Waals surface area contributed by atoms with Gasteiger partial charge < -0.3 is 5.73 Å². The van der Waals surface area contributed by atoms with Crippen LogP contribution in [0.3, 0.4) is 0 Å². The molecule has 0 saturated carbocycles. The summed E-state index contributed by atoms with van der Waals surface area (Å²) in [5, 5.41) is 5.54. The zero-order valence-corrected chi connectivity index (χ0v) is 12.7. The van der Waals surface area contributed by atoms with Crippen molar-refractivity contribution in [2.75, 3.05) is 0 Å². The predicted molar refractivity (Wildman–Crippen MR) is 79.8 cm³/mol. The van der Waals surface area contributed by atoms with Crippen molar-refractivity contribution in [3.05, 3.63) is 51.3 Å². The Morgan fingerprint density at radius 3 is 2.58 bits per heavy atom. The summed E-state index contributed by atoms with van der Waals surface area (Å²) >= 11 is 12.3. The fraction of sp³-hybridized carbons (Fsp3) is 0.357. The maximum absolute atomic E-state index is 6.37. The molecule has 0 radical (unpaired) electrons. The molecule has 0 spiro atoms. The van der Waals surface area contributed by atoms with E-state index in [0.717, 1.165) is 16.8 Å². The largest absolute Gasteiger partial charge is 0.319 e. The summed E-state index contributed by atoms with van der Waals surface area (Å²) in [4.78, 5) is 0. The molecule has 1 aromatic carbocycles. The molecule has 1 aromatic heterocycles. The van der Waals surface area contributed by atoms with Gasteiger partial charge in [-0.2, -0.15) is 5.10 Å². The highest BCUT2D eigenvalue weighted by Crippen LogP contribution is 2.31. The predicted octanol–water partition coefficient (Wildman–Crippen LogP) is 4.13. The van der Waals surface area contributed by atoms with E-state index >= 15 is 0 Å². The minimum atomic E-state index is -0.337. The second-order valence-corrected chi connectivity index (χ2v) is 5.74. The second-order valence-electron chi connectivity index (χ2n) is 4.89. The molecule has 0 aliphatic rings. The number of rotatable bonds is 3. The minimum Gasteiger partial charge on any atom is -0.319 e. The van der Waals surface area contributed by atoms with Crippen LogP contribution in [0, 0.1) is 6.92 Å². The second kappa shape index (κ2) is 5.53. The molecule has 2 rings (SSSR count). The summed E-state index contributed by atoms with van der Waals surface area (Å²) in [6.07, 6.45) is 1.64. The van der Waals surface area contributed by atoms with E-state index in [0.29, 0.717) is 10.0 Å². The first kappa shape index (κ1) is 14.4. The van der Waals surface area contributed by atoms with Gasteiger partial charge in [-0.15, -0.1) is 0 Å². The Morgan fingerprint density at radius 2 is 1.95 bits per heavy atom. The first-order valence-corrected chi connectivity index (χ1v) is 6.92. The molecule has 1 unspecified atom stereocenters. The molecule has 5 heteroatoms. The fourth-order valence-corrected chi connectivity index (χ4v) is 2.58. The van der Waals surface area contributed by atoms with Crippen molar-refractivity contribution in [1.29, 1.82) is 0 Å². The Morgan fingerprint density at radius 1 is 1.26 bits per heavy atom. The van der Waals surface area contributed by atoms with Gasteiger partial charge in [0.15, 0.2) is 0 Å². The third kappa shape index (κ3) is 2.78. The van der Waals surface area contributed by atoms with Crippen molar-refractivity contribution in [3.8, 4) is 0 Å². The fourth-order valence-electron chi connectivity index (χ4n) is 2.15. The number of hydrogen-bond acceptors (Lipinski definition) is 2. The van der Waals surface area contributed by atoms with Crippen LogP contribution in [0.2, 0.25) is 10.0 Å². The van der Waals surface area contributed by atoms with Gasteiger partial charge in [-0.25, -0.2) is 0 Å². The Bertz CT molecular complexity index is 590. The number of halogens is 2. The topological polar surface area (TPSA) is 43.8 Å². The monoisotopic (exact) mass is 297 g/mol. The van der Waals surface area contributed by atoms with E-state index in [1.165, 1.54) is 0 Å². The molecule has 1 heterocycles. The molecule has 1 atom stereocenters. The van der Waals surface area contributed by atoms with E-state index in [1.54, 1.807) is 6.20 Å². The van der Waals surface area contributed by atoms with Gasteiger partial charge >= 0.3 is 0 Å². The molecule has 0 aliphatic heterocycles. The quantitative estimate of drug-likeness (QED) is 0.926. The molecular formula is C14H17Cl2N3. The van der Waals surface area contributed by atoms with Gasteiger partial charge in [-0.3, -0.25) is 4.68 Å². The summed E-state index contributed by atoms with van der Waals surface area (Å²) in [6.45, 7) is 6.10. The van der Waals surface area contributed by atoms with Crippen LogP contribution in [0.4, 0.5) is 0 Å². The first-order chi connectivity index (χ1) is 8.91. The smallest absolute Gasteiger partial charge is 0.0837 e. The normalized spacial score (nSPS) is 13.0. The van der Waals surface area contributed by atoms with Gasteiger partial charge in [-0.1, -0.05) is 29.3 Å². The van der Waals surface area contributed by atoms with Crippen LogP contribution in [0.25, 0.3) is 0 Å². The molecule has 102 valence electrons. The lowest BCUT2D eigenvalue weighted by Crippen LogP contribution is -2.20. The highest BCUT2D eigenvalue weighted by molar-refractivity contribution is 6.31. The molecule has 3 nitrogen and oxygen atoms in total. The standard InChI is InChI=1S/C14H17Cl2N3/c1-8(2)19-14(12(16)7-18-19)13(17)11-6-10(15)5-4-9(11)3/h4-8,13H,17H2,1-3H3. The van der Waals surface area contributed by atoms with Crippen molar-refractivity contribution in [3.63, 3.8) is 0 Å². The zero-order chi connectivity index (χ0) is 14.2. The molecule has 2 N–H and O–H groups in total. The summed E-state index contributed by atoms with van der Waals surface area (Å²) in [5.74, 6) is 0. The van der Waals surface area contributed by atoms with Gasteiger partial charge in [-0.05, 0) is 44.0 Å². The Labute approximate surface area is 123 Å². The Balaban J connectivity index is 2.52. The third-order valence-corrected chi connectivity index (χ3v) is 3.67. The maximum Gasteiger partial charge on any atom is 0.0837 e. The van der Waals surface area contributed by atoms with Gasteiger partial charge in [0.1, 0.15) is 0 Å². The number of benzene rings is 1. The van der Waals surface area contributed by atoms with Crippen molar-refractivity contribution in [1.82, 2.24) is 9.78 Å². The SMILES string of the molecule is Cc1ccc(Cl)cc1C(N)c1c(Cl)cnn1C(C)C. The van der Waals surface area contributed by atoms with Crippen LogP contribution in [0.15, 0.2) is 24.4 Å². The van der Waals surface area contributed by atoms with Crippen molar-refractivity contribution < 1.29 is 0 Å². The summed E-state index contributed by atoms with van der Waals surface area (Å²) in [7, 11) is 0. The van der Waals surface area contributed by atoms with E-state index in [4.69, 9.17) is 28.9 Å². The third-order valence-electron chi connectivity index (χ3n) is 3.15. The number of nitrogens with two attached hydrogens (primary N) is 1. The van der Waals surface area contributed by atoms with Gasteiger partial charge in [0, 0.05) is 11.1 Å². The van der Waals surface area contributed by atoms with Gasteiger partial charge in [0.2, 0.25) is 0 Å². The van der Waals surface area contributed by atoms with Crippen LogP contribution < -0.4 is 5.73 Å². The summed E-state index contributed by atoms with van der Waals surface area (Å²) in [5.41, 5.74) is 9.24. The van der Waals surface area contributed by atoms with Crippen molar-refractivity contribution >= 4 is 23.2 Å². The molecule has 0 aliphatic carbocycles. The summed E-state index contributed by atoms with van der Waals surface area (Å²) in [6, 6.07) is 5.56. The number of aromatic nitrogens is 2. The number of aryl methyl sites for hydroxylation is 1. The van der Waals surface area contributed by atoms with E-state index < -0.39 is 0 Å². The highest BCUT2D eigenvalue weighted by atomic mass is 35.5. The van der Waals surface area contributed by atoms with E-state index in [2.05, 4.69) is 5.10 Å². The first-order valence-electron chi connectivity index (χ1n) is 6.16. The van der Waals surface area contributed by atoms with E-state index in [1.807, 2.05) is 43.7 Å². The molecule has 19 heavy (non-hydrogen) atoms. The van der Waals surface area contributed by atoms with E-state index in [-0.39, 0.29) is 12.1 Å². The zero-order valence-electron chi connectivity index (χ0n) is 11.2. The van der Waals surface area contributed by atoms with E-state index in [9.17, 15) is 0 Å². The Hall–Kier alpha value is -1.03. The molecular weight excluding hydrogens is 281 g/mol. The molecule has 0 bridgehead atoms. The minimum absolute atomic E-state index is 0.202. The van der Waals surface area contributed by atoms with Gasteiger partial charge in [0.05, 0.1) is 23.0 Å². The lowest BCUT2D eigenvalue weighted by Gasteiger charge is -2.19. The molecule has 2 aromatic rings. The van der Waals surface area contributed by atoms with Crippen LogP contribution in [-0.2, 0) is 0 Å². The lowest BCUT2D eigenvalue weighted by molar-refractivity contribution is 0.499. The highest BCUT2D eigenvalue weighted by Gasteiger charge is 2.21. The number of nitrogens with zero attached hydrogens (tertiary/aromatic N) is 2. The van der Waals surface area contributed by atoms with Gasteiger partial charge in [0.25, 0.3) is 0 Å². The molecule has 0 saturated heterocycles. The van der Waals surface area contributed by atoms with Crippen molar-refractivity contribution in [2.45, 2.75) is 32.9 Å². The van der Waals surface area contributed by atoms with Crippen LogP contribution in [0.1, 0.15) is 42.8 Å². The molecule has 0 fully saturated rings. The maximum atomic E-state index is 6.37.